The van der Waals surface area contributed by atoms with Crippen molar-refractivity contribution in [3.8, 4) is 0 Å². The minimum absolute atomic E-state index is 0.247. The third kappa shape index (κ3) is 4.48. The maximum absolute atomic E-state index is 11.4. The zero-order valence-electron chi connectivity index (χ0n) is 11.5. The first-order valence-electron chi connectivity index (χ1n) is 6.42. The van der Waals surface area contributed by atoms with Crippen LogP contribution in [-0.2, 0) is 22.5 Å². The van der Waals surface area contributed by atoms with Crippen molar-refractivity contribution in [2.45, 2.75) is 13.0 Å². The van der Waals surface area contributed by atoms with Gasteiger partial charge in [0.2, 0.25) is 0 Å². The van der Waals surface area contributed by atoms with Gasteiger partial charge in [-0.25, -0.2) is 0 Å². The topological polar surface area (TPSA) is 38.3 Å². The SMILES string of the molecule is COC(=O)Cc1ccccc1CNc1cc(Br)ccc1Cl. The summed E-state index contributed by atoms with van der Waals surface area (Å²) >= 11 is 9.57. The van der Waals surface area contributed by atoms with Crippen LogP contribution in [0.1, 0.15) is 11.1 Å². The average molecular weight is 369 g/mol. The molecule has 110 valence electrons. The van der Waals surface area contributed by atoms with E-state index < -0.39 is 0 Å². The summed E-state index contributed by atoms with van der Waals surface area (Å²) in [6.45, 7) is 0.587. The molecular formula is C16H15BrClNO2. The van der Waals surface area contributed by atoms with Crippen LogP contribution in [0.3, 0.4) is 0 Å². The Labute approximate surface area is 137 Å². The molecule has 21 heavy (non-hydrogen) atoms. The molecule has 3 nitrogen and oxygen atoms in total. The average Bonchev–Trinajstić information content (AvgIpc) is 2.49. The highest BCUT2D eigenvalue weighted by atomic mass is 79.9. The lowest BCUT2D eigenvalue weighted by Gasteiger charge is -2.12. The molecule has 2 aromatic rings. The smallest absolute Gasteiger partial charge is 0.309 e. The Morgan fingerprint density at radius 3 is 2.67 bits per heavy atom. The van der Waals surface area contributed by atoms with E-state index in [1.807, 2.05) is 42.5 Å². The number of ether oxygens (including phenoxy) is 1. The fourth-order valence-corrected chi connectivity index (χ4v) is 2.50. The summed E-state index contributed by atoms with van der Waals surface area (Å²) in [5, 5.41) is 3.94. The molecule has 0 aliphatic carbocycles. The molecule has 0 bridgehead atoms. The zero-order chi connectivity index (χ0) is 15.2. The lowest BCUT2D eigenvalue weighted by atomic mass is 10.0. The van der Waals surface area contributed by atoms with Crippen LogP contribution >= 0.6 is 27.5 Å². The Morgan fingerprint density at radius 1 is 1.24 bits per heavy atom. The van der Waals surface area contributed by atoms with Crippen LogP contribution in [-0.4, -0.2) is 13.1 Å². The van der Waals surface area contributed by atoms with Crippen molar-refractivity contribution in [3.63, 3.8) is 0 Å². The molecule has 0 unspecified atom stereocenters. The lowest BCUT2D eigenvalue weighted by Crippen LogP contribution is -2.09. The number of benzene rings is 2. The summed E-state index contributed by atoms with van der Waals surface area (Å²) < 4.78 is 5.68. The minimum Gasteiger partial charge on any atom is -0.469 e. The summed E-state index contributed by atoms with van der Waals surface area (Å²) in [5.74, 6) is -0.247. The predicted octanol–water partition coefficient (Wildman–Crippen LogP) is 4.43. The molecule has 0 fully saturated rings. The molecule has 0 amide bonds. The van der Waals surface area contributed by atoms with Gasteiger partial charge < -0.3 is 10.1 Å². The molecule has 0 radical (unpaired) electrons. The van der Waals surface area contributed by atoms with Crippen molar-refractivity contribution in [2.75, 3.05) is 12.4 Å². The van der Waals surface area contributed by atoms with E-state index in [4.69, 9.17) is 16.3 Å². The first-order chi connectivity index (χ1) is 10.1. The highest BCUT2D eigenvalue weighted by molar-refractivity contribution is 9.10. The molecule has 2 rings (SSSR count). The van der Waals surface area contributed by atoms with Gasteiger partial charge in [-0.1, -0.05) is 51.8 Å². The number of hydrogen-bond acceptors (Lipinski definition) is 3. The van der Waals surface area contributed by atoms with Gasteiger partial charge in [-0.05, 0) is 29.3 Å². The number of hydrogen-bond donors (Lipinski definition) is 1. The monoisotopic (exact) mass is 367 g/mol. The quantitative estimate of drug-likeness (QED) is 0.793. The van der Waals surface area contributed by atoms with Crippen LogP contribution in [0, 0.1) is 0 Å². The lowest BCUT2D eigenvalue weighted by molar-refractivity contribution is -0.139. The van der Waals surface area contributed by atoms with Crippen molar-refractivity contribution in [1.29, 1.82) is 0 Å². The van der Waals surface area contributed by atoms with Crippen molar-refractivity contribution in [2.24, 2.45) is 0 Å². The number of rotatable bonds is 5. The van der Waals surface area contributed by atoms with Gasteiger partial charge in [0.05, 0.1) is 24.2 Å². The van der Waals surface area contributed by atoms with E-state index >= 15 is 0 Å². The number of halogens is 2. The number of carbonyl (C=O) groups is 1. The molecule has 0 aliphatic rings. The largest absolute Gasteiger partial charge is 0.469 e. The van der Waals surface area contributed by atoms with Crippen molar-refractivity contribution in [3.05, 3.63) is 63.1 Å². The Kier molecular flexibility index (Phi) is 5.65. The summed E-state index contributed by atoms with van der Waals surface area (Å²) in [6, 6.07) is 13.4. The molecule has 0 aliphatic heterocycles. The van der Waals surface area contributed by atoms with Crippen LogP contribution in [0.2, 0.25) is 5.02 Å². The second-order valence-corrected chi connectivity index (χ2v) is 5.82. The summed E-state index contributed by atoms with van der Waals surface area (Å²) in [6.07, 6.45) is 0.264. The fraction of sp³-hybridized carbons (Fsp3) is 0.188. The van der Waals surface area contributed by atoms with E-state index in [2.05, 4.69) is 21.2 Å². The van der Waals surface area contributed by atoms with E-state index in [9.17, 15) is 4.79 Å². The van der Waals surface area contributed by atoms with Crippen molar-refractivity contribution in [1.82, 2.24) is 0 Å². The highest BCUT2D eigenvalue weighted by Gasteiger charge is 2.08. The molecule has 5 heteroatoms. The van der Waals surface area contributed by atoms with E-state index in [-0.39, 0.29) is 12.4 Å². The normalized spacial score (nSPS) is 10.2. The van der Waals surface area contributed by atoms with E-state index in [0.717, 1.165) is 21.3 Å². The summed E-state index contributed by atoms with van der Waals surface area (Å²) in [5.41, 5.74) is 2.83. The molecule has 0 spiro atoms. The van der Waals surface area contributed by atoms with Crippen LogP contribution in [0.25, 0.3) is 0 Å². The first kappa shape index (κ1) is 15.9. The Morgan fingerprint density at radius 2 is 1.95 bits per heavy atom. The van der Waals surface area contributed by atoms with E-state index in [1.54, 1.807) is 0 Å². The number of carbonyl (C=O) groups excluding carboxylic acids is 1. The van der Waals surface area contributed by atoms with Gasteiger partial charge in [0, 0.05) is 11.0 Å². The van der Waals surface area contributed by atoms with Gasteiger partial charge in [0.15, 0.2) is 0 Å². The van der Waals surface area contributed by atoms with Gasteiger partial charge in [0.25, 0.3) is 0 Å². The second kappa shape index (κ2) is 7.48. The van der Waals surface area contributed by atoms with Gasteiger partial charge in [-0.2, -0.15) is 0 Å². The molecule has 2 aromatic carbocycles. The first-order valence-corrected chi connectivity index (χ1v) is 7.60. The molecule has 0 saturated carbocycles. The van der Waals surface area contributed by atoms with Crippen molar-refractivity contribution >= 4 is 39.2 Å². The zero-order valence-corrected chi connectivity index (χ0v) is 13.9. The van der Waals surface area contributed by atoms with Crippen LogP contribution in [0.15, 0.2) is 46.9 Å². The molecule has 0 atom stereocenters. The Hall–Kier alpha value is -1.52. The summed E-state index contributed by atoms with van der Waals surface area (Å²) in [7, 11) is 1.39. The maximum atomic E-state index is 11.4. The molecule has 0 aromatic heterocycles. The number of methoxy groups -OCH3 is 1. The van der Waals surface area contributed by atoms with Crippen molar-refractivity contribution < 1.29 is 9.53 Å². The van der Waals surface area contributed by atoms with Gasteiger partial charge in [-0.15, -0.1) is 0 Å². The van der Waals surface area contributed by atoms with Crippen LogP contribution < -0.4 is 5.32 Å². The maximum Gasteiger partial charge on any atom is 0.309 e. The van der Waals surface area contributed by atoms with E-state index in [0.29, 0.717) is 11.6 Å². The predicted molar refractivity (Wildman–Crippen MR) is 88.6 cm³/mol. The van der Waals surface area contributed by atoms with Crippen LogP contribution in [0.5, 0.6) is 0 Å². The Balaban J connectivity index is 2.13. The minimum atomic E-state index is -0.247. The highest BCUT2D eigenvalue weighted by Crippen LogP contribution is 2.26. The van der Waals surface area contributed by atoms with Gasteiger partial charge >= 0.3 is 5.97 Å². The Bertz CT molecular complexity index is 646. The molecule has 0 saturated heterocycles. The van der Waals surface area contributed by atoms with Crippen LogP contribution in [0.4, 0.5) is 5.69 Å². The number of anilines is 1. The standard InChI is InChI=1S/C16H15BrClNO2/c1-21-16(20)8-11-4-2-3-5-12(11)10-19-15-9-13(17)6-7-14(15)18/h2-7,9,19H,8,10H2,1H3. The fourth-order valence-electron chi connectivity index (χ4n) is 1.95. The third-order valence-electron chi connectivity index (χ3n) is 3.08. The molecular weight excluding hydrogens is 354 g/mol. The third-order valence-corrected chi connectivity index (χ3v) is 3.90. The van der Waals surface area contributed by atoms with E-state index in [1.165, 1.54) is 7.11 Å². The second-order valence-electron chi connectivity index (χ2n) is 4.50. The molecule has 1 N–H and O–H groups in total. The van der Waals surface area contributed by atoms with Gasteiger partial charge in [-0.3, -0.25) is 4.79 Å². The summed E-state index contributed by atoms with van der Waals surface area (Å²) in [4.78, 5) is 11.4. The number of nitrogens with one attached hydrogen (secondary N) is 1. The number of esters is 1. The van der Waals surface area contributed by atoms with Gasteiger partial charge in [0.1, 0.15) is 0 Å². The molecule has 0 heterocycles.